The molecule has 6 aliphatic carbocycles. The molecule has 18 rings (SSSR count). The molecule has 9 aliphatic rings. The molecule has 0 radical (unpaired) electrons. The minimum absolute atomic E-state index is 0. The largest absolute Gasteiger partial charge is 0.481 e. The highest BCUT2D eigenvalue weighted by Crippen LogP contribution is 2.53. The molecule has 3 saturated heterocycles. The number of anilines is 3. The van der Waals surface area contributed by atoms with Gasteiger partial charge in [-0.25, -0.2) is 18.0 Å². The molecule has 6 saturated carbocycles. The number of nitrogens with zero attached hydrogens (tertiary/aromatic N) is 6. The van der Waals surface area contributed by atoms with E-state index in [1.807, 2.05) is 0 Å². The van der Waals surface area contributed by atoms with E-state index in [0.29, 0.717) is 119 Å². The lowest BCUT2D eigenvalue weighted by Crippen LogP contribution is -2.38. The summed E-state index contributed by atoms with van der Waals surface area (Å²) < 4.78 is 85.1. The Bertz CT molecular complexity index is 5140. The molecule has 620 valence electrons. The van der Waals surface area contributed by atoms with Crippen molar-refractivity contribution in [2.24, 2.45) is 17.8 Å². The van der Waals surface area contributed by atoms with E-state index in [1.54, 1.807) is 72.8 Å². The van der Waals surface area contributed by atoms with Crippen LogP contribution in [0.2, 0.25) is 30.1 Å². The Hall–Kier alpha value is -8.49. The van der Waals surface area contributed by atoms with Crippen molar-refractivity contribution >= 4 is 116 Å². The Kier molecular flexibility index (Phi) is 27.0. The van der Waals surface area contributed by atoms with E-state index in [9.17, 15) is 37.1 Å². The van der Waals surface area contributed by atoms with Gasteiger partial charge in [-0.1, -0.05) is 126 Å². The molecular formula is C88H91Cl6F3N6O14. The number of aliphatic carboxylic acids is 1. The van der Waals surface area contributed by atoms with Gasteiger partial charge >= 0.3 is 17.9 Å². The van der Waals surface area contributed by atoms with Crippen LogP contribution in [0.4, 0.5) is 30.2 Å². The van der Waals surface area contributed by atoms with Crippen molar-refractivity contribution < 1.29 is 79.9 Å². The second-order valence-electron chi connectivity index (χ2n) is 31.0. The van der Waals surface area contributed by atoms with E-state index in [4.69, 9.17) is 108 Å². The van der Waals surface area contributed by atoms with Gasteiger partial charge in [-0.05, 0) is 168 Å². The minimum atomic E-state index is -1.26. The number of esters is 1. The van der Waals surface area contributed by atoms with E-state index in [0.717, 1.165) is 142 Å². The molecule has 0 unspecified atom stereocenters. The molecule has 3 aromatic heterocycles. The summed E-state index contributed by atoms with van der Waals surface area (Å²) in [7, 11) is 1.26. The normalized spacial score (nSPS) is 21.7. The molecule has 6 bridgehead atoms. The highest BCUT2D eigenvalue weighted by Gasteiger charge is 2.50. The minimum Gasteiger partial charge on any atom is -0.481 e. The third kappa shape index (κ3) is 18.3. The van der Waals surface area contributed by atoms with Gasteiger partial charge in [-0.15, -0.1) is 0 Å². The summed E-state index contributed by atoms with van der Waals surface area (Å²) in [6, 6.07) is 30.4. The second-order valence-corrected chi connectivity index (χ2v) is 33.5. The summed E-state index contributed by atoms with van der Waals surface area (Å²) in [6.45, 7) is 3.28. The number of piperidine rings is 3. The lowest BCUT2D eigenvalue weighted by atomic mass is 10.0. The predicted molar refractivity (Wildman–Crippen MR) is 442 cm³/mol. The van der Waals surface area contributed by atoms with Gasteiger partial charge < -0.3 is 57.4 Å². The summed E-state index contributed by atoms with van der Waals surface area (Å²) in [4.78, 5) is 64.3. The van der Waals surface area contributed by atoms with Gasteiger partial charge in [-0.2, -0.15) is 0 Å². The number of benzene rings is 6. The molecule has 3 aliphatic heterocycles. The third-order valence-electron chi connectivity index (χ3n) is 23.7. The summed E-state index contributed by atoms with van der Waals surface area (Å²) in [5.74, 6) is -1.17. The van der Waals surface area contributed by atoms with Crippen molar-refractivity contribution in [1.82, 2.24) is 15.5 Å². The van der Waals surface area contributed by atoms with Crippen molar-refractivity contribution in [2.45, 2.75) is 199 Å². The van der Waals surface area contributed by atoms with Crippen LogP contribution < -0.4 is 14.7 Å². The maximum atomic E-state index is 14.9. The number of aromatic nitrogens is 3. The number of halogens is 9. The average Bonchev–Trinajstić information content (AvgIpc) is 1.63. The quantitative estimate of drug-likeness (QED) is 0.0358. The van der Waals surface area contributed by atoms with Crippen LogP contribution in [-0.2, 0) is 48.4 Å². The van der Waals surface area contributed by atoms with E-state index in [2.05, 4.69) is 34.9 Å². The fourth-order valence-electron chi connectivity index (χ4n) is 17.5. The zero-order chi connectivity index (χ0) is 79.5. The van der Waals surface area contributed by atoms with Gasteiger partial charge in [-0.3, -0.25) is 19.2 Å². The van der Waals surface area contributed by atoms with Gasteiger partial charge in [0.2, 0.25) is 0 Å². The van der Waals surface area contributed by atoms with Crippen molar-refractivity contribution in [2.75, 3.05) is 41.4 Å². The van der Waals surface area contributed by atoms with Crippen LogP contribution in [0.3, 0.4) is 0 Å². The fourth-order valence-corrected chi connectivity index (χ4v) is 19.2. The number of carbonyl (C=O) groups is 5. The van der Waals surface area contributed by atoms with E-state index < -0.39 is 46.9 Å². The van der Waals surface area contributed by atoms with Crippen LogP contribution in [-0.4, -0.2) is 118 Å². The van der Waals surface area contributed by atoms with Crippen LogP contribution in [0.1, 0.15) is 208 Å². The number of carboxylic acid groups (broad SMARTS) is 2. The summed E-state index contributed by atoms with van der Waals surface area (Å²) in [5.41, 5.74) is 8.40. The lowest BCUT2D eigenvalue weighted by molar-refractivity contribution is -0.140. The Morgan fingerprint density at radius 1 is 0.427 bits per heavy atom. The summed E-state index contributed by atoms with van der Waals surface area (Å²) >= 11 is 38.9. The first-order chi connectivity index (χ1) is 55.0. The molecule has 0 spiro atoms. The standard InChI is InChI=1S/C30H29Cl2FN2O5.C29H27Cl2FN2O5.C26H23Cl2FN2O4.3CH4/c1-38-27(37)10-9-25(36)20-8-7-18(12-24(20)33)35-14-17-11-19(35)13-26(17)39-15-21-29(34-40-30(21)16-5-6-16)28-22(31)3-2-4-23(28)32;30-21-2-1-3-22(31)27(21)28-20(29(39-33-28)15-4-5-15)14-38-25-12-18-10-16(25)13-34(18)17-6-7-19(23(32)11-17)24(35)8-9-26(36)37;27-19-2-1-3-20(28)23(19)24-18(25(35-30-24)13-4-5-13)12-34-22-10-16-8-14(22)11-31(16)15-6-7-17(26(32)33)21(29)9-15;;;/h2-4,7-8,12,16-17,19,26H,5-6,9-11,13-15H2,1H3;1-3,6-7,11,15-16,18,25H,4-5,8-10,12-14H2,(H,36,37);1-3,6-7,9,13-14,16,22H,4-5,8,10-12H2,(H,32,33);3*1H4/t17-,19-,26+;16-,18-,25+;14-,16-,22+;;;/m000.../s1. The number of hydrogen-bond donors (Lipinski definition) is 2. The zero-order valence-electron chi connectivity index (χ0n) is 61.8. The van der Waals surface area contributed by atoms with E-state index in [-0.39, 0.29) is 107 Å². The van der Waals surface area contributed by atoms with Gasteiger partial charge in [0.25, 0.3) is 0 Å². The number of ether oxygens (including phenoxy) is 4. The maximum Gasteiger partial charge on any atom is 0.338 e. The Balaban J connectivity index is 0.000000151. The maximum absolute atomic E-state index is 14.9. The molecule has 6 heterocycles. The van der Waals surface area contributed by atoms with Gasteiger partial charge in [0.15, 0.2) is 11.6 Å². The SMILES string of the molecule is C.C.C.COC(=O)CCC(=O)c1ccc(N2C[C@@H]3C[C@H]2C[C@H]3OCc2c(-c3c(Cl)cccc3Cl)noc2C2CC2)cc1F.O=C(O)CCC(=O)c1ccc(N2C[C@@H]3C[C@H]2C[C@H]3OCc2c(-c3c(Cl)cccc3Cl)noc2C2CC2)cc1F.O=C(O)c1ccc(N2C[C@@H]3C[C@H]2C[C@H]3OCc2c(-c3c(Cl)cccc3Cl)noc2C2CC2)cc1F. The van der Waals surface area contributed by atoms with E-state index >= 15 is 0 Å². The average molecular weight is 1730 g/mol. The number of rotatable bonds is 27. The first-order valence-corrected chi connectivity index (χ1v) is 40.7. The number of hydrogen-bond acceptors (Lipinski definition) is 18. The predicted octanol–water partition coefficient (Wildman–Crippen LogP) is 22.3. The second kappa shape index (κ2) is 36.6. The molecule has 20 nitrogen and oxygen atoms in total. The van der Waals surface area contributed by atoms with Crippen LogP contribution >= 0.6 is 69.6 Å². The molecule has 6 aromatic carbocycles. The monoisotopic (exact) mass is 1720 g/mol. The molecule has 29 heteroatoms. The number of methoxy groups -OCH3 is 1. The molecule has 9 aromatic rings. The summed E-state index contributed by atoms with van der Waals surface area (Å²) in [5, 5.41) is 34.0. The van der Waals surface area contributed by atoms with Gasteiger partial charge in [0.1, 0.15) is 51.8 Å². The topological polar surface area (TPSA) is 251 Å². The van der Waals surface area contributed by atoms with Crippen molar-refractivity contribution in [1.29, 1.82) is 0 Å². The van der Waals surface area contributed by atoms with Crippen molar-refractivity contribution in [3.63, 3.8) is 0 Å². The van der Waals surface area contributed by atoms with Crippen LogP contribution in [0.15, 0.2) is 123 Å². The zero-order valence-corrected chi connectivity index (χ0v) is 66.3. The van der Waals surface area contributed by atoms with Gasteiger partial charge in [0.05, 0.1) is 105 Å². The third-order valence-corrected chi connectivity index (χ3v) is 25.6. The smallest absolute Gasteiger partial charge is 0.338 e. The van der Waals surface area contributed by atoms with Crippen LogP contribution in [0.25, 0.3) is 33.8 Å². The highest BCUT2D eigenvalue weighted by molar-refractivity contribution is 6.40. The fraction of sp³-hybridized carbons (Fsp3) is 0.432. The Morgan fingerprint density at radius 2 is 0.726 bits per heavy atom. The number of ketones is 2. The van der Waals surface area contributed by atoms with E-state index in [1.165, 1.54) is 43.5 Å². The van der Waals surface area contributed by atoms with Gasteiger partial charge in [0, 0.05) is 137 Å². The Labute approximate surface area is 706 Å². The first kappa shape index (κ1) is 86.4. The molecule has 9 atom stereocenters. The number of carboxylic acids is 2. The molecular weight excluding hydrogens is 1630 g/mol. The molecule has 9 fully saturated rings. The van der Waals surface area contributed by atoms with Crippen molar-refractivity contribution in [3.05, 3.63) is 207 Å². The number of carbonyl (C=O) groups excluding carboxylic acids is 3. The highest BCUT2D eigenvalue weighted by atomic mass is 35.5. The number of aromatic carboxylic acids is 1. The van der Waals surface area contributed by atoms with Crippen molar-refractivity contribution in [3.8, 4) is 33.8 Å². The summed E-state index contributed by atoms with van der Waals surface area (Å²) in [6.07, 6.45) is 11.1. The lowest BCUT2D eigenvalue weighted by Gasteiger charge is -2.33. The molecule has 0 amide bonds. The van der Waals surface area contributed by atoms with Crippen LogP contribution in [0.5, 0.6) is 0 Å². The Morgan fingerprint density at radius 3 is 0.983 bits per heavy atom. The molecule has 2 N–H and O–H groups in total. The number of Topliss-reactive ketones (excluding diaryl/α,β-unsaturated/α-hetero) is 2. The first-order valence-electron chi connectivity index (χ1n) is 38.4. The van der Waals surface area contributed by atoms with Crippen LogP contribution in [0, 0.1) is 35.2 Å². The molecule has 117 heavy (non-hydrogen) atoms. The number of fused-ring (bicyclic) bond motifs is 6.